The molecule has 3 rings (SSSR count). The topological polar surface area (TPSA) is 49.4 Å². The van der Waals surface area contributed by atoms with Crippen molar-refractivity contribution in [3.63, 3.8) is 0 Å². The second kappa shape index (κ2) is 6.93. The van der Waals surface area contributed by atoms with Gasteiger partial charge in [-0.05, 0) is 43.9 Å². The molecule has 2 amide bonds. The van der Waals surface area contributed by atoms with E-state index < -0.39 is 0 Å². The van der Waals surface area contributed by atoms with Crippen molar-refractivity contribution in [2.24, 2.45) is 0 Å². The van der Waals surface area contributed by atoms with Crippen LogP contribution in [0.2, 0.25) is 0 Å². The van der Waals surface area contributed by atoms with E-state index in [0.29, 0.717) is 18.7 Å². The molecule has 2 aromatic carbocycles. The van der Waals surface area contributed by atoms with Crippen LogP contribution in [0.1, 0.15) is 22.3 Å². The van der Waals surface area contributed by atoms with E-state index in [1.165, 1.54) is 16.5 Å². The number of amides is 2. The summed E-state index contributed by atoms with van der Waals surface area (Å²) in [7, 11) is 0. The van der Waals surface area contributed by atoms with Crippen molar-refractivity contribution in [2.45, 2.75) is 27.2 Å². The Balaban J connectivity index is 1.72. The fourth-order valence-corrected chi connectivity index (χ4v) is 3.21. The quantitative estimate of drug-likeness (QED) is 0.851. The normalized spacial score (nSPS) is 14.0. The Bertz CT molecular complexity index is 830. The molecule has 0 saturated carbocycles. The summed E-state index contributed by atoms with van der Waals surface area (Å²) in [6.45, 7) is 6.42. The average Bonchev–Trinajstić information content (AvgIpc) is 2.83. The second-order valence-corrected chi connectivity index (χ2v) is 6.49. The van der Waals surface area contributed by atoms with Gasteiger partial charge >= 0.3 is 0 Å². The van der Waals surface area contributed by atoms with Crippen LogP contribution in [0, 0.1) is 20.8 Å². The van der Waals surface area contributed by atoms with Gasteiger partial charge in [-0.25, -0.2) is 0 Å². The number of hydrogen-bond donors (Lipinski definition) is 1. The van der Waals surface area contributed by atoms with E-state index in [-0.39, 0.29) is 11.8 Å². The second-order valence-electron chi connectivity index (χ2n) is 6.49. The minimum Gasteiger partial charge on any atom is -0.350 e. The highest BCUT2D eigenvalue weighted by Crippen LogP contribution is 2.25. The van der Waals surface area contributed by atoms with Crippen molar-refractivity contribution in [1.82, 2.24) is 4.90 Å². The number of anilines is 1. The Labute approximate surface area is 148 Å². The van der Waals surface area contributed by atoms with E-state index in [4.69, 9.17) is 0 Å². The van der Waals surface area contributed by atoms with Crippen molar-refractivity contribution in [1.29, 1.82) is 0 Å². The zero-order valence-corrected chi connectivity index (χ0v) is 14.8. The monoisotopic (exact) mass is 334 g/mol. The predicted octanol–water partition coefficient (Wildman–Crippen LogP) is 3.52. The van der Waals surface area contributed by atoms with Crippen molar-refractivity contribution in [2.75, 3.05) is 11.9 Å². The summed E-state index contributed by atoms with van der Waals surface area (Å²) in [5.41, 5.74) is 5.63. The van der Waals surface area contributed by atoms with E-state index in [9.17, 15) is 9.59 Å². The van der Waals surface area contributed by atoms with Gasteiger partial charge in [-0.1, -0.05) is 48.0 Å². The first-order valence-electron chi connectivity index (χ1n) is 8.42. The molecule has 0 spiro atoms. The summed E-state index contributed by atoms with van der Waals surface area (Å²) in [6.07, 6.45) is 2.05. The molecule has 1 heterocycles. The van der Waals surface area contributed by atoms with Gasteiger partial charge in [-0.2, -0.15) is 0 Å². The van der Waals surface area contributed by atoms with Gasteiger partial charge < -0.3 is 5.32 Å². The Morgan fingerprint density at radius 2 is 1.60 bits per heavy atom. The maximum atomic E-state index is 12.6. The highest BCUT2D eigenvalue weighted by Gasteiger charge is 2.31. The van der Waals surface area contributed by atoms with Crippen LogP contribution >= 0.6 is 0 Å². The van der Waals surface area contributed by atoms with Gasteiger partial charge in [-0.3, -0.25) is 14.5 Å². The van der Waals surface area contributed by atoms with Crippen LogP contribution in [-0.4, -0.2) is 23.3 Å². The first kappa shape index (κ1) is 17.0. The Hall–Kier alpha value is -2.88. The van der Waals surface area contributed by atoms with E-state index >= 15 is 0 Å². The van der Waals surface area contributed by atoms with Crippen molar-refractivity contribution >= 4 is 17.5 Å². The third-order valence-corrected chi connectivity index (χ3v) is 4.41. The molecule has 4 heteroatoms. The van der Waals surface area contributed by atoms with Gasteiger partial charge in [0.1, 0.15) is 5.70 Å². The molecule has 25 heavy (non-hydrogen) atoms. The predicted molar refractivity (Wildman–Crippen MR) is 99.2 cm³/mol. The molecule has 1 N–H and O–H groups in total. The lowest BCUT2D eigenvalue weighted by Crippen LogP contribution is -2.34. The Kier molecular flexibility index (Phi) is 4.70. The molecule has 0 radical (unpaired) electrons. The molecule has 1 aliphatic heterocycles. The molecule has 0 aliphatic carbocycles. The number of imide groups is 1. The smallest absolute Gasteiger partial charge is 0.277 e. The molecule has 0 unspecified atom stereocenters. The maximum Gasteiger partial charge on any atom is 0.277 e. The number of benzene rings is 2. The highest BCUT2D eigenvalue weighted by atomic mass is 16.2. The molecule has 2 aromatic rings. The van der Waals surface area contributed by atoms with Crippen molar-refractivity contribution in [3.8, 4) is 0 Å². The molecule has 0 saturated heterocycles. The molecular weight excluding hydrogens is 312 g/mol. The van der Waals surface area contributed by atoms with Crippen molar-refractivity contribution in [3.05, 3.63) is 76.5 Å². The first-order chi connectivity index (χ1) is 12.0. The van der Waals surface area contributed by atoms with Gasteiger partial charge in [0, 0.05) is 18.3 Å². The van der Waals surface area contributed by atoms with E-state index in [0.717, 1.165) is 22.4 Å². The minimum absolute atomic E-state index is 0.258. The fourth-order valence-electron chi connectivity index (χ4n) is 3.21. The summed E-state index contributed by atoms with van der Waals surface area (Å²) >= 11 is 0. The lowest BCUT2D eigenvalue weighted by atomic mass is 10.0. The molecular formula is C21H22N2O2. The lowest BCUT2D eigenvalue weighted by molar-refractivity contribution is -0.137. The summed E-state index contributed by atoms with van der Waals surface area (Å²) < 4.78 is 0. The average molecular weight is 334 g/mol. The first-order valence-corrected chi connectivity index (χ1v) is 8.42. The van der Waals surface area contributed by atoms with E-state index in [1.807, 2.05) is 51.1 Å². The molecule has 4 nitrogen and oxygen atoms in total. The number of nitrogens with zero attached hydrogens (tertiary/aromatic N) is 1. The van der Waals surface area contributed by atoms with Crippen LogP contribution in [-0.2, 0) is 16.0 Å². The molecule has 0 atom stereocenters. The Morgan fingerprint density at radius 3 is 2.24 bits per heavy atom. The molecule has 128 valence electrons. The number of hydrogen-bond acceptors (Lipinski definition) is 3. The molecule has 0 aromatic heterocycles. The maximum absolute atomic E-state index is 12.6. The highest BCUT2D eigenvalue weighted by molar-refractivity contribution is 6.17. The van der Waals surface area contributed by atoms with Gasteiger partial charge in [0.25, 0.3) is 11.8 Å². The van der Waals surface area contributed by atoms with Crippen LogP contribution in [0.3, 0.4) is 0 Å². The van der Waals surface area contributed by atoms with Crippen LogP contribution < -0.4 is 5.32 Å². The van der Waals surface area contributed by atoms with Crippen LogP contribution in [0.25, 0.3) is 0 Å². The lowest BCUT2D eigenvalue weighted by Gasteiger charge is -2.17. The van der Waals surface area contributed by atoms with Crippen LogP contribution in [0.4, 0.5) is 5.69 Å². The summed E-state index contributed by atoms with van der Waals surface area (Å²) in [4.78, 5) is 26.1. The summed E-state index contributed by atoms with van der Waals surface area (Å²) in [6, 6.07) is 14.0. The molecule has 0 bridgehead atoms. The van der Waals surface area contributed by atoms with Crippen LogP contribution in [0.5, 0.6) is 0 Å². The number of aryl methyl sites for hydroxylation is 3. The number of carbonyl (C=O) groups excluding carboxylic acids is 2. The largest absolute Gasteiger partial charge is 0.350 e. The minimum atomic E-state index is -0.264. The standard InChI is InChI=1S/C21H22N2O2/c1-14-11-15(2)20(16(3)12-14)22-18-13-19(24)23(21(18)25)10-9-17-7-5-4-6-8-17/h4-8,11-13,22H,9-10H2,1-3H3. The molecule has 0 fully saturated rings. The zero-order valence-electron chi connectivity index (χ0n) is 14.8. The van der Waals surface area contributed by atoms with Gasteiger partial charge in [0.15, 0.2) is 0 Å². The number of rotatable bonds is 5. The summed E-state index contributed by atoms with van der Waals surface area (Å²) in [5, 5.41) is 3.16. The summed E-state index contributed by atoms with van der Waals surface area (Å²) in [5.74, 6) is -0.522. The van der Waals surface area contributed by atoms with E-state index in [2.05, 4.69) is 17.4 Å². The van der Waals surface area contributed by atoms with Gasteiger partial charge in [-0.15, -0.1) is 0 Å². The third kappa shape index (κ3) is 3.63. The van der Waals surface area contributed by atoms with Crippen molar-refractivity contribution < 1.29 is 9.59 Å². The fraction of sp³-hybridized carbons (Fsp3) is 0.238. The SMILES string of the molecule is Cc1cc(C)c(NC2=CC(=O)N(CCc3ccccc3)C2=O)c(C)c1. The van der Waals surface area contributed by atoms with Gasteiger partial charge in [0.05, 0.1) is 0 Å². The van der Waals surface area contributed by atoms with Gasteiger partial charge in [0.2, 0.25) is 0 Å². The Morgan fingerprint density at radius 1 is 0.960 bits per heavy atom. The molecule has 1 aliphatic rings. The van der Waals surface area contributed by atoms with E-state index in [1.54, 1.807) is 0 Å². The number of nitrogens with one attached hydrogen (secondary N) is 1. The number of carbonyl (C=O) groups is 2. The third-order valence-electron chi connectivity index (χ3n) is 4.41. The zero-order chi connectivity index (χ0) is 18.0. The van der Waals surface area contributed by atoms with Crippen LogP contribution in [0.15, 0.2) is 54.2 Å².